The summed E-state index contributed by atoms with van der Waals surface area (Å²) in [6, 6.07) is 11.7. The zero-order chi connectivity index (χ0) is 21.5. The first-order valence-corrected chi connectivity index (χ1v) is 9.45. The van der Waals surface area contributed by atoms with Gasteiger partial charge in [-0.15, -0.1) is 0 Å². The molecule has 0 bridgehead atoms. The van der Waals surface area contributed by atoms with Gasteiger partial charge in [-0.05, 0) is 44.0 Å². The molecule has 2 aromatic carbocycles. The lowest BCUT2D eigenvalue weighted by Gasteiger charge is -2.08. The molecule has 0 aliphatic heterocycles. The Morgan fingerprint density at radius 1 is 1.10 bits per heavy atom. The molecule has 0 fully saturated rings. The minimum atomic E-state index is -4.44. The first-order chi connectivity index (χ1) is 14.2. The van der Waals surface area contributed by atoms with E-state index in [1.165, 1.54) is 6.07 Å². The van der Waals surface area contributed by atoms with E-state index in [0.717, 1.165) is 28.1 Å². The number of aryl methyl sites for hydroxylation is 2. The van der Waals surface area contributed by atoms with Gasteiger partial charge in [0.25, 0.3) is 0 Å². The van der Waals surface area contributed by atoms with Crippen LogP contribution in [0.25, 0.3) is 21.8 Å². The molecule has 0 radical (unpaired) electrons. The Morgan fingerprint density at radius 2 is 1.90 bits per heavy atom. The van der Waals surface area contributed by atoms with Gasteiger partial charge in [-0.3, -0.25) is 0 Å². The second-order valence-electron chi connectivity index (χ2n) is 7.25. The van der Waals surface area contributed by atoms with E-state index in [0.29, 0.717) is 23.4 Å². The second kappa shape index (κ2) is 7.44. The van der Waals surface area contributed by atoms with Gasteiger partial charge in [0, 0.05) is 34.6 Å². The third-order valence-corrected chi connectivity index (χ3v) is 5.06. The largest absolute Gasteiger partial charge is 0.418 e. The maximum Gasteiger partial charge on any atom is 0.418 e. The first kappa shape index (κ1) is 19.9. The van der Waals surface area contributed by atoms with Crippen molar-refractivity contribution in [1.29, 1.82) is 0 Å². The van der Waals surface area contributed by atoms with Gasteiger partial charge in [0.2, 0.25) is 5.88 Å². The number of fused-ring (bicyclic) bond motifs is 2. The summed E-state index contributed by atoms with van der Waals surface area (Å²) in [5.41, 5.74) is 2.70. The summed E-state index contributed by atoms with van der Waals surface area (Å²) in [5, 5.41) is 4.09. The van der Waals surface area contributed by atoms with E-state index in [2.05, 4.69) is 15.3 Å². The van der Waals surface area contributed by atoms with E-state index < -0.39 is 17.8 Å². The van der Waals surface area contributed by atoms with Gasteiger partial charge in [-0.2, -0.15) is 13.2 Å². The molecule has 0 aliphatic carbocycles. The Kier molecular flexibility index (Phi) is 4.93. The third kappa shape index (κ3) is 3.85. The SMILES string of the molecule is Cc1ccc2[nH]c(OC(=O)NCCc3c(C)[nH]c4c(C(F)(F)F)cccc34)cc2c1. The van der Waals surface area contributed by atoms with Gasteiger partial charge in [0.15, 0.2) is 0 Å². The monoisotopic (exact) mass is 415 g/mol. The van der Waals surface area contributed by atoms with Gasteiger partial charge in [-0.1, -0.05) is 23.8 Å². The van der Waals surface area contributed by atoms with E-state index in [4.69, 9.17) is 4.74 Å². The van der Waals surface area contributed by atoms with E-state index in [-0.39, 0.29) is 12.1 Å². The maximum atomic E-state index is 13.2. The quantitative estimate of drug-likeness (QED) is 0.405. The molecule has 0 saturated carbocycles. The molecule has 156 valence electrons. The lowest BCUT2D eigenvalue weighted by molar-refractivity contribution is -0.136. The highest BCUT2D eigenvalue weighted by atomic mass is 19.4. The lowest BCUT2D eigenvalue weighted by Crippen LogP contribution is -2.28. The first-order valence-electron chi connectivity index (χ1n) is 9.45. The summed E-state index contributed by atoms with van der Waals surface area (Å²) in [4.78, 5) is 18.0. The van der Waals surface area contributed by atoms with Gasteiger partial charge < -0.3 is 20.0 Å². The number of halogens is 3. The average Bonchev–Trinajstić information content (AvgIpc) is 3.20. The van der Waals surface area contributed by atoms with Crippen LogP contribution in [-0.2, 0) is 12.6 Å². The maximum absolute atomic E-state index is 13.2. The van der Waals surface area contributed by atoms with Crippen LogP contribution < -0.4 is 10.1 Å². The smallest absolute Gasteiger partial charge is 0.393 e. The van der Waals surface area contributed by atoms with Crippen LogP contribution >= 0.6 is 0 Å². The van der Waals surface area contributed by atoms with Gasteiger partial charge in [0.1, 0.15) is 0 Å². The molecule has 0 atom stereocenters. The Hall–Kier alpha value is -3.42. The van der Waals surface area contributed by atoms with Crippen molar-refractivity contribution in [2.45, 2.75) is 26.4 Å². The molecule has 2 aromatic heterocycles. The summed E-state index contributed by atoms with van der Waals surface area (Å²) in [7, 11) is 0. The summed E-state index contributed by atoms with van der Waals surface area (Å²) >= 11 is 0. The lowest BCUT2D eigenvalue weighted by atomic mass is 10.1. The van der Waals surface area contributed by atoms with Crippen molar-refractivity contribution in [3.05, 3.63) is 64.8 Å². The van der Waals surface area contributed by atoms with Crippen LogP contribution in [0.5, 0.6) is 5.88 Å². The van der Waals surface area contributed by atoms with Crippen LogP contribution in [0.15, 0.2) is 42.5 Å². The number of benzene rings is 2. The minimum absolute atomic E-state index is 0.0634. The number of ether oxygens (including phenoxy) is 1. The number of alkyl halides is 3. The molecule has 0 saturated heterocycles. The zero-order valence-corrected chi connectivity index (χ0v) is 16.4. The summed E-state index contributed by atoms with van der Waals surface area (Å²) in [6.07, 6.45) is -4.70. The molecule has 0 unspecified atom stereocenters. The average molecular weight is 415 g/mol. The number of amides is 1. The predicted molar refractivity (Wildman–Crippen MR) is 109 cm³/mol. The van der Waals surface area contributed by atoms with E-state index in [9.17, 15) is 18.0 Å². The van der Waals surface area contributed by atoms with Crippen LogP contribution in [0.2, 0.25) is 0 Å². The van der Waals surface area contributed by atoms with Crippen LogP contribution in [0.1, 0.15) is 22.4 Å². The molecule has 5 nitrogen and oxygen atoms in total. The number of hydrogen-bond acceptors (Lipinski definition) is 2. The fourth-order valence-electron chi connectivity index (χ4n) is 3.67. The fraction of sp³-hybridized carbons (Fsp3) is 0.227. The Bertz CT molecular complexity index is 1240. The molecule has 4 aromatic rings. The van der Waals surface area contributed by atoms with Gasteiger partial charge in [0.05, 0.1) is 11.1 Å². The number of carbonyl (C=O) groups excluding carboxylic acids is 1. The number of rotatable bonds is 4. The van der Waals surface area contributed by atoms with Crippen molar-refractivity contribution in [3.63, 3.8) is 0 Å². The number of carbonyl (C=O) groups is 1. The third-order valence-electron chi connectivity index (χ3n) is 5.06. The second-order valence-corrected chi connectivity index (χ2v) is 7.25. The van der Waals surface area contributed by atoms with Crippen LogP contribution in [0.3, 0.4) is 0 Å². The highest BCUT2D eigenvalue weighted by Gasteiger charge is 2.33. The van der Waals surface area contributed by atoms with Crippen molar-refractivity contribution < 1.29 is 22.7 Å². The summed E-state index contributed by atoms with van der Waals surface area (Å²) in [5.74, 6) is 0.325. The Labute approximate surface area is 170 Å². The van der Waals surface area contributed by atoms with Crippen LogP contribution in [0, 0.1) is 13.8 Å². The van der Waals surface area contributed by atoms with Crippen molar-refractivity contribution in [2.24, 2.45) is 0 Å². The van der Waals surface area contributed by atoms with Gasteiger partial charge >= 0.3 is 12.3 Å². The molecule has 0 spiro atoms. The van der Waals surface area contributed by atoms with Crippen LogP contribution in [0.4, 0.5) is 18.0 Å². The van der Waals surface area contributed by atoms with Crippen LogP contribution in [-0.4, -0.2) is 22.6 Å². The fourth-order valence-corrected chi connectivity index (χ4v) is 3.67. The zero-order valence-electron chi connectivity index (χ0n) is 16.4. The molecule has 1 amide bonds. The highest BCUT2D eigenvalue weighted by molar-refractivity contribution is 5.88. The number of para-hydroxylation sites is 1. The molecule has 30 heavy (non-hydrogen) atoms. The number of aromatic amines is 2. The number of H-pyrrole nitrogens is 2. The Balaban J connectivity index is 1.43. The molecule has 0 aliphatic rings. The molecule has 3 N–H and O–H groups in total. The molecule has 2 heterocycles. The standard InChI is InChI=1S/C22H20F3N3O2/c1-12-6-7-18-14(10-12)11-19(28-18)30-21(29)26-9-8-15-13(2)27-20-16(15)4-3-5-17(20)22(23,24)25/h3-7,10-11,27-28H,8-9H2,1-2H3,(H,26,29). The van der Waals surface area contributed by atoms with E-state index in [1.807, 2.05) is 25.1 Å². The van der Waals surface area contributed by atoms with Gasteiger partial charge in [-0.25, -0.2) is 4.79 Å². The molecular weight excluding hydrogens is 395 g/mol. The topological polar surface area (TPSA) is 69.9 Å². The van der Waals surface area contributed by atoms with Crippen molar-refractivity contribution in [2.75, 3.05) is 6.54 Å². The van der Waals surface area contributed by atoms with E-state index >= 15 is 0 Å². The normalized spacial score (nSPS) is 11.9. The van der Waals surface area contributed by atoms with Crippen molar-refractivity contribution in [3.8, 4) is 5.88 Å². The van der Waals surface area contributed by atoms with E-state index in [1.54, 1.807) is 19.1 Å². The molecular formula is C22H20F3N3O2. The predicted octanol–water partition coefficient (Wildman–Crippen LogP) is 5.62. The molecule has 4 rings (SSSR count). The number of hydrogen-bond donors (Lipinski definition) is 3. The Morgan fingerprint density at radius 3 is 2.67 bits per heavy atom. The highest BCUT2D eigenvalue weighted by Crippen LogP contribution is 2.36. The van der Waals surface area contributed by atoms with Crippen molar-refractivity contribution in [1.82, 2.24) is 15.3 Å². The van der Waals surface area contributed by atoms with Crippen molar-refractivity contribution >= 4 is 27.9 Å². The molecule has 8 heteroatoms. The minimum Gasteiger partial charge on any atom is -0.393 e. The summed E-state index contributed by atoms with van der Waals surface area (Å²) in [6.45, 7) is 3.92. The number of aromatic nitrogens is 2. The summed E-state index contributed by atoms with van der Waals surface area (Å²) < 4.78 is 45.0. The number of nitrogens with one attached hydrogen (secondary N) is 3.